The number of hydrogen-bond donors (Lipinski definition) is 2. The number of likely N-dealkylation sites (tertiary alicyclic amines) is 1. The SMILES string of the molecule is CN=C(NCC(C)C(=O)OC)NCC1CCCN(C)C1c1cccs1. The minimum absolute atomic E-state index is 0.205. The molecule has 0 aliphatic carbocycles. The molecule has 3 atom stereocenters. The van der Waals surface area contributed by atoms with Crippen molar-refractivity contribution in [1.82, 2.24) is 15.5 Å². The van der Waals surface area contributed by atoms with E-state index >= 15 is 0 Å². The molecule has 0 spiro atoms. The number of thiophene rings is 1. The van der Waals surface area contributed by atoms with Crippen molar-refractivity contribution in [2.75, 3.05) is 40.8 Å². The molecule has 1 aliphatic rings. The molecular formula is C18H30N4O2S. The maximum Gasteiger partial charge on any atom is 0.310 e. The quantitative estimate of drug-likeness (QED) is 0.459. The molecular weight excluding hydrogens is 336 g/mol. The Morgan fingerprint density at radius 3 is 2.96 bits per heavy atom. The fourth-order valence-corrected chi connectivity index (χ4v) is 4.35. The second-order valence-electron chi connectivity index (χ2n) is 6.60. The van der Waals surface area contributed by atoms with Crippen molar-refractivity contribution in [2.45, 2.75) is 25.8 Å². The van der Waals surface area contributed by atoms with E-state index < -0.39 is 0 Å². The molecule has 2 heterocycles. The van der Waals surface area contributed by atoms with Crippen LogP contribution in [0.2, 0.25) is 0 Å². The number of carbonyl (C=O) groups excluding carboxylic acids is 1. The lowest BCUT2D eigenvalue weighted by Gasteiger charge is -2.39. The average Bonchev–Trinajstić information content (AvgIpc) is 3.15. The van der Waals surface area contributed by atoms with Crippen molar-refractivity contribution in [1.29, 1.82) is 0 Å². The predicted octanol–water partition coefficient (Wildman–Crippen LogP) is 2.11. The summed E-state index contributed by atoms with van der Waals surface area (Å²) in [6, 6.07) is 4.81. The van der Waals surface area contributed by atoms with Gasteiger partial charge in [-0.2, -0.15) is 0 Å². The average molecular weight is 367 g/mol. The van der Waals surface area contributed by atoms with Crippen LogP contribution in [-0.4, -0.2) is 57.7 Å². The van der Waals surface area contributed by atoms with Gasteiger partial charge in [-0.25, -0.2) is 0 Å². The first-order valence-electron chi connectivity index (χ1n) is 8.82. The molecule has 25 heavy (non-hydrogen) atoms. The minimum atomic E-state index is -0.213. The Morgan fingerprint density at radius 2 is 2.32 bits per heavy atom. The Kier molecular flexibility index (Phi) is 7.71. The molecule has 6 nitrogen and oxygen atoms in total. The third-order valence-corrected chi connectivity index (χ3v) is 5.72. The van der Waals surface area contributed by atoms with E-state index in [-0.39, 0.29) is 11.9 Å². The van der Waals surface area contributed by atoms with Crippen LogP contribution in [0.4, 0.5) is 0 Å². The van der Waals surface area contributed by atoms with Gasteiger partial charge < -0.3 is 15.4 Å². The van der Waals surface area contributed by atoms with Crippen LogP contribution in [-0.2, 0) is 9.53 Å². The number of nitrogens with zero attached hydrogens (tertiary/aromatic N) is 2. The fourth-order valence-electron chi connectivity index (χ4n) is 3.37. The number of hydrogen-bond acceptors (Lipinski definition) is 5. The fraction of sp³-hybridized carbons (Fsp3) is 0.667. The van der Waals surface area contributed by atoms with Crippen molar-refractivity contribution >= 4 is 23.3 Å². The van der Waals surface area contributed by atoms with E-state index in [2.05, 4.69) is 45.1 Å². The topological polar surface area (TPSA) is 66.0 Å². The smallest absolute Gasteiger partial charge is 0.310 e. The van der Waals surface area contributed by atoms with Gasteiger partial charge in [-0.15, -0.1) is 11.3 Å². The van der Waals surface area contributed by atoms with Gasteiger partial charge in [0.15, 0.2) is 5.96 Å². The number of carbonyl (C=O) groups is 1. The van der Waals surface area contributed by atoms with Crippen LogP contribution in [0, 0.1) is 11.8 Å². The highest BCUT2D eigenvalue weighted by Crippen LogP contribution is 2.36. The van der Waals surface area contributed by atoms with Gasteiger partial charge in [0.2, 0.25) is 0 Å². The highest BCUT2D eigenvalue weighted by molar-refractivity contribution is 7.10. The van der Waals surface area contributed by atoms with E-state index in [4.69, 9.17) is 4.74 Å². The summed E-state index contributed by atoms with van der Waals surface area (Å²) in [5, 5.41) is 8.79. The van der Waals surface area contributed by atoms with Gasteiger partial charge >= 0.3 is 5.97 Å². The largest absolute Gasteiger partial charge is 0.469 e. The molecule has 1 fully saturated rings. The summed E-state index contributed by atoms with van der Waals surface area (Å²) in [5.74, 6) is 0.848. The molecule has 1 aromatic heterocycles. The third-order valence-electron chi connectivity index (χ3n) is 4.78. The van der Waals surface area contributed by atoms with E-state index in [9.17, 15) is 4.79 Å². The van der Waals surface area contributed by atoms with E-state index in [0.29, 0.717) is 18.5 Å². The van der Waals surface area contributed by atoms with Gasteiger partial charge in [-0.3, -0.25) is 14.7 Å². The summed E-state index contributed by atoms with van der Waals surface area (Å²) in [6.45, 7) is 4.35. The van der Waals surface area contributed by atoms with Crippen molar-refractivity contribution in [2.24, 2.45) is 16.8 Å². The Bertz CT molecular complexity index is 561. The zero-order valence-corrected chi connectivity index (χ0v) is 16.4. The Balaban J connectivity index is 1.89. The molecule has 7 heteroatoms. The maximum absolute atomic E-state index is 11.5. The number of guanidine groups is 1. The lowest BCUT2D eigenvalue weighted by molar-refractivity contribution is -0.144. The summed E-state index contributed by atoms with van der Waals surface area (Å²) >= 11 is 1.83. The lowest BCUT2D eigenvalue weighted by atomic mass is 9.88. The van der Waals surface area contributed by atoms with E-state index in [1.54, 1.807) is 7.05 Å². The van der Waals surface area contributed by atoms with E-state index in [0.717, 1.165) is 19.0 Å². The van der Waals surface area contributed by atoms with Crippen LogP contribution in [0.15, 0.2) is 22.5 Å². The van der Waals surface area contributed by atoms with Gasteiger partial charge in [-0.05, 0) is 43.8 Å². The second kappa shape index (κ2) is 9.77. The number of esters is 1. The molecule has 0 amide bonds. The highest BCUT2D eigenvalue weighted by atomic mass is 32.1. The van der Waals surface area contributed by atoms with Gasteiger partial charge in [0.05, 0.1) is 13.0 Å². The number of piperidine rings is 1. The van der Waals surface area contributed by atoms with Crippen molar-refractivity contribution in [3.05, 3.63) is 22.4 Å². The number of aliphatic imine (C=N–C) groups is 1. The molecule has 3 unspecified atom stereocenters. The van der Waals surface area contributed by atoms with Gasteiger partial charge in [0, 0.05) is 31.1 Å². The molecule has 1 saturated heterocycles. The molecule has 2 rings (SSSR count). The summed E-state index contributed by atoms with van der Waals surface area (Å²) < 4.78 is 4.76. The minimum Gasteiger partial charge on any atom is -0.469 e. The highest BCUT2D eigenvalue weighted by Gasteiger charge is 2.31. The zero-order chi connectivity index (χ0) is 18.2. The van der Waals surface area contributed by atoms with Crippen LogP contribution >= 0.6 is 11.3 Å². The van der Waals surface area contributed by atoms with Gasteiger partial charge in [-0.1, -0.05) is 13.0 Å². The zero-order valence-electron chi connectivity index (χ0n) is 15.6. The van der Waals surface area contributed by atoms with E-state index in [1.165, 1.54) is 24.8 Å². The van der Waals surface area contributed by atoms with Crippen molar-refractivity contribution in [3.8, 4) is 0 Å². The molecule has 140 valence electrons. The van der Waals surface area contributed by atoms with Crippen LogP contribution in [0.3, 0.4) is 0 Å². The predicted molar refractivity (Wildman–Crippen MR) is 103 cm³/mol. The third kappa shape index (κ3) is 5.44. The molecule has 0 aromatic carbocycles. The number of rotatable bonds is 6. The first-order valence-corrected chi connectivity index (χ1v) is 9.70. The summed E-state index contributed by atoms with van der Waals surface area (Å²) in [7, 11) is 5.37. The Hall–Kier alpha value is -1.60. The second-order valence-corrected chi connectivity index (χ2v) is 7.58. The van der Waals surface area contributed by atoms with Crippen LogP contribution in [0.5, 0.6) is 0 Å². The first-order chi connectivity index (χ1) is 12.1. The standard InChI is InChI=1S/C18H30N4O2S/c1-13(17(23)24-4)11-20-18(19-2)21-12-14-7-5-9-22(3)16(14)15-8-6-10-25-15/h6,8,10,13-14,16H,5,7,9,11-12H2,1-4H3,(H2,19,20,21). The lowest BCUT2D eigenvalue weighted by Crippen LogP contribution is -2.46. The van der Waals surface area contributed by atoms with Crippen molar-refractivity contribution < 1.29 is 9.53 Å². The first kappa shape index (κ1) is 19.7. The molecule has 0 radical (unpaired) electrons. The molecule has 1 aromatic rings. The Morgan fingerprint density at radius 1 is 1.52 bits per heavy atom. The van der Waals surface area contributed by atoms with Gasteiger partial charge in [0.1, 0.15) is 0 Å². The van der Waals surface area contributed by atoms with E-state index in [1.807, 2.05) is 18.3 Å². The van der Waals surface area contributed by atoms with Crippen molar-refractivity contribution in [3.63, 3.8) is 0 Å². The number of ether oxygens (including phenoxy) is 1. The Labute approximate surface area is 154 Å². The maximum atomic E-state index is 11.5. The van der Waals surface area contributed by atoms with Crippen LogP contribution in [0.25, 0.3) is 0 Å². The van der Waals surface area contributed by atoms with Crippen LogP contribution in [0.1, 0.15) is 30.7 Å². The summed E-state index contributed by atoms with van der Waals surface area (Å²) in [4.78, 5) is 19.7. The van der Waals surface area contributed by atoms with Gasteiger partial charge in [0.25, 0.3) is 0 Å². The summed E-state index contributed by atoms with van der Waals surface area (Å²) in [5.41, 5.74) is 0. The molecule has 0 saturated carbocycles. The molecule has 0 bridgehead atoms. The molecule has 1 aliphatic heterocycles. The summed E-state index contributed by atoms with van der Waals surface area (Å²) in [6.07, 6.45) is 2.42. The molecule has 2 N–H and O–H groups in total. The normalized spacial score (nSPS) is 23.1. The monoisotopic (exact) mass is 366 g/mol. The number of methoxy groups -OCH3 is 1. The van der Waals surface area contributed by atoms with Crippen LogP contribution < -0.4 is 10.6 Å². The number of nitrogens with one attached hydrogen (secondary N) is 2.